The third kappa shape index (κ3) is 21.9. The number of hydrogen-bond donors (Lipinski definition) is 6. The van der Waals surface area contributed by atoms with Crippen LogP contribution in [0.25, 0.3) is 0 Å². The Balaban J connectivity index is 0.833. The normalized spacial score (nSPS) is 12.6. The number of nitrogens with zero attached hydrogens (tertiary/aromatic N) is 2. The highest BCUT2D eigenvalue weighted by Crippen LogP contribution is 2.30. The fraction of sp³-hybridized carbons (Fsp3) is 0.361. The number of unbranched alkanes of at least 4 members (excludes halogenated alkanes) is 3. The van der Waals surface area contributed by atoms with Gasteiger partial charge in [0.1, 0.15) is 25.3 Å². The molecule has 0 aromatic heterocycles. The number of carbonyl (C=O) groups excluding carboxylic acids is 10. The summed E-state index contributed by atoms with van der Waals surface area (Å²) in [6, 6.07) is 37.3. The van der Waals surface area contributed by atoms with Gasteiger partial charge in [-0.2, -0.15) is 0 Å². The summed E-state index contributed by atoms with van der Waals surface area (Å²) < 4.78 is 20.4. The number of halogens is 2. The largest absolute Gasteiger partial charge is 0.467 e. The van der Waals surface area contributed by atoms with Crippen molar-refractivity contribution < 1.29 is 66.9 Å². The van der Waals surface area contributed by atoms with E-state index < -0.39 is 59.8 Å². The molecule has 8 amide bonds. The molecular formula is C72H80Cl2N8O14. The van der Waals surface area contributed by atoms with Gasteiger partial charge in [0.15, 0.2) is 0 Å². The first-order valence-electron chi connectivity index (χ1n) is 32.0. The maximum absolute atomic E-state index is 14.0. The Labute approximate surface area is 567 Å². The van der Waals surface area contributed by atoms with Crippen LogP contribution in [-0.4, -0.2) is 122 Å². The monoisotopic (exact) mass is 1350 g/mol. The van der Waals surface area contributed by atoms with E-state index in [2.05, 4.69) is 31.9 Å². The number of alkyl carbamates (subject to hydrolysis) is 2. The predicted molar refractivity (Wildman–Crippen MR) is 358 cm³/mol. The van der Waals surface area contributed by atoms with Gasteiger partial charge in [0.2, 0.25) is 11.8 Å². The number of rotatable bonds is 33. The summed E-state index contributed by atoms with van der Waals surface area (Å²) in [7, 11) is 2.44. The summed E-state index contributed by atoms with van der Waals surface area (Å²) in [5, 5.41) is 17.9. The fourth-order valence-corrected chi connectivity index (χ4v) is 11.4. The Morgan fingerprint density at radius 3 is 1.05 bits per heavy atom. The molecule has 6 N–H and O–H groups in total. The molecule has 6 aromatic rings. The maximum Gasteiger partial charge on any atom is 0.408 e. The van der Waals surface area contributed by atoms with E-state index in [1.807, 2.05) is 60.7 Å². The van der Waals surface area contributed by atoms with Crippen molar-refractivity contribution in [1.29, 1.82) is 0 Å². The Bertz CT molecular complexity index is 3470. The van der Waals surface area contributed by atoms with Gasteiger partial charge < -0.3 is 60.6 Å². The molecule has 0 saturated carbocycles. The Morgan fingerprint density at radius 1 is 0.406 bits per heavy atom. The first-order valence-corrected chi connectivity index (χ1v) is 32.8. The van der Waals surface area contributed by atoms with Crippen LogP contribution in [0.1, 0.15) is 150 Å². The highest BCUT2D eigenvalue weighted by molar-refractivity contribution is 6.30. The number of esters is 2. The van der Waals surface area contributed by atoms with Crippen molar-refractivity contribution in [3.63, 3.8) is 0 Å². The summed E-state index contributed by atoms with van der Waals surface area (Å²) in [5.41, 5.74) is 6.81. The molecule has 0 radical (unpaired) electrons. The minimum atomic E-state index is -0.989. The second kappa shape index (κ2) is 36.8. The van der Waals surface area contributed by atoms with Crippen LogP contribution in [-0.2, 0) is 90.4 Å². The predicted octanol–water partition coefficient (Wildman–Crippen LogP) is 9.62. The van der Waals surface area contributed by atoms with E-state index in [1.54, 1.807) is 82.6 Å². The number of nitrogens with one attached hydrogen (secondary N) is 6. The van der Waals surface area contributed by atoms with E-state index in [1.165, 1.54) is 14.2 Å². The Hall–Kier alpha value is -9.80. The van der Waals surface area contributed by atoms with Crippen molar-refractivity contribution >= 4 is 82.8 Å². The van der Waals surface area contributed by atoms with Crippen LogP contribution in [0.2, 0.25) is 10.0 Å². The van der Waals surface area contributed by atoms with Crippen molar-refractivity contribution in [2.75, 3.05) is 40.4 Å². The van der Waals surface area contributed by atoms with E-state index >= 15 is 0 Å². The van der Waals surface area contributed by atoms with Crippen LogP contribution in [0.5, 0.6) is 0 Å². The average Bonchev–Trinajstić information content (AvgIpc) is 1.61. The number of carbonyl (C=O) groups is 10. The van der Waals surface area contributed by atoms with Gasteiger partial charge in [-0.05, 0) is 157 Å². The molecule has 96 heavy (non-hydrogen) atoms. The quantitative estimate of drug-likeness (QED) is 0.0127. The van der Waals surface area contributed by atoms with Gasteiger partial charge in [0.05, 0.1) is 36.5 Å². The molecule has 24 heteroatoms. The molecule has 0 unspecified atom stereocenters. The lowest BCUT2D eigenvalue weighted by molar-refractivity contribution is -0.144. The van der Waals surface area contributed by atoms with Crippen LogP contribution in [0.4, 0.5) is 9.59 Å². The van der Waals surface area contributed by atoms with Crippen LogP contribution in [0.15, 0.2) is 133 Å². The van der Waals surface area contributed by atoms with Crippen molar-refractivity contribution in [2.24, 2.45) is 0 Å². The average molecular weight is 1350 g/mol. The van der Waals surface area contributed by atoms with Gasteiger partial charge in [-0.15, -0.1) is 0 Å². The van der Waals surface area contributed by atoms with E-state index in [4.69, 9.17) is 42.1 Å². The zero-order valence-electron chi connectivity index (χ0n) is 53.8. The number of fused-ring (bicyclic) bond motifs is 2. The van der Waals surface area contributed by atoms with Crippen LogP contribution >= 0.6 is 23.2 Å². The molecule has 0 saturated heterocycles. The molecule has 506 valence electrons. The number of ether oxygens (including phenoxy) is 4. The molecule has 8 rings (SSSR count). The van der Waals surface area contributed by atoms with Gasteiger partial charge in [0, 0.05) is 75.2 Å². The molecule has 2 aliphatic heterocycles. The SMILES string of the molecule is COC(=O)[C@H](CCCCNC(=O)c1cc2c(cc1C(=O)NCCc1ccc(Cl)cc1)CN(C(=O)CCCCC(=O)N1Cc3cc(C(=O)NCCCC[C@H](NC(=O)OCc4ccccc4)C(=O)OC)c(C(=O)NCCc4ccc(Cl)cc4)cc3C1)C2)NC(=O)OCc1ccccc1. The smallest absolute Gasteiger partial charge is 0.408 e. The second-order valence-electron chi connectivity index (χ2n) is 23.4. The molecular weight excluding hydrogens is 1270 g/mol. The minimum absolute atomic E-state index is 0.0132. The Morgan fingerprint density at radius 2 is 0.729 bits per heavy atom. The number of methoxy groups -OCH3 is 2. The topological polar surface area (TPSA) is 286 Å². The molecule has 0 fully saturated rings. The van der Waals surface area contributed by atoms with Crippen LogP contribution in [0.3, 0.4) is 0 Å². The number of benzene rings is 6. The van der Waals surface area contributed by atoms with Crippen LogP contribution in [0, 0.1) is 0 Å². The molecule has 0 bridgehead atoms. The highest BCUT2D eigenvalue weighted by Gasteiger charge is 2.31. The van der Waals surface area contributed by atoms with Crippen LogP contribution < -0.4 is 31.9 Å². The summed E-state index contributed by atoms with van der Waals surface area (Å²) in [5.74, 6) is -3.59. The summed E-state index contributed by atoms with van der Waals surface area (Å²) in [6.45, 7) is 1.71. The van der Waals surface area contributed by atoms with Crippen molar-refractivity contribution in [3.8, 4) is 0 Å². The third-order valence-corrected chi connectivity index (χ3v) is 17.0. The lowest BCUT2D eigenvalue weighted by atomic mass is 9.98. The number of amides is 8. The van der Waals surface area contributed by atoms with Gasteiger partial charge in [0.25, 0.3) is 23.6 Å². The molecule has 22 nitrogen and oxygen atoms in total. The standard InChI is InChI=1S/C72H80Cl2N8O14/c1-93-69(89)61(79-71(91)95-45-49-15-5-3-6-16-49)19-11-13-33-75-65(85)57-37-51-41-81(43-53(51)39-59(57)67(87)77-35-31-47-23-27-55(73)28-24-47)63(83)21-9-10-22-64(84)82-42-52-38-58(60(40-54(52)44-82)68(88)78-36-32-48-25-29-56(74)30-26-48)66(86)76-34-14-12-20-62(70(90)94-2)80-72(92)96-46-50-17-7-4-8-18-50/h3-8,15-18,23-30,37-40,61-62H,9-14,19-22,31-36,41-46H2,1-2H3,(H,75,85)(H,76,86)(H,77,87)(H,78,88)(H,79,91)(H,80,92)/t61-,62-/m0/s1. The summed E-state index contributed by atoms with van der Waals surface area (Å²) in [4.78, 5) is 137. The first kappa shape index (κ1) is 72.0. The molecule has 0 spiro atoms. The first-order chi connectivity index (χ1) is 46.4. The maximum atomic E-state index is 14.0. The highest BCUT2D eigenvalue weighted by atomic mass is 35.5. The van der Waals surface area contributed by atoms with Gasteiger partial charge in [-0.25, -0.2) is 19.2 Å². The van der Waals surface area contributed by atoms with Gasteiger partial charge >= 0.3 is 24.1 Å². The van der Waals surface area contributed by atoms with Gasteiger partial charge in [-0.3, -0.25) is 28.8 Å². The molecule has 0 aliphatic carbocycles. The fourth-order valence-electron chi connectivity index (χ4n) is 11.1. The number of hydrogen-bond acceptors (Lipinski definition) is 14. The lowest BCUT2D eigenvalue weighted by Crippen LogP contribution is -2.41. The van der Waals surface area contributed by atoms with Crippen molar-refractivity contribution in [1.82, 2.24) is 41.7 Å². The van der Waals surface area contributed by atoms with E-state index in [9.17, 15) is 47.9 Å². The van der Waals surface area contributed by atoms with E-state index in [0.717, 1.165) is 22.3 Å². The van der Waals surface area contributed by atoms with E-state index in [0.29, 0.717) is 83.7 Å². The zero-order valence-corrected chi connectivity index (χ0v) is 55.3. The lowest BCUT2D eigenvalue weighted by Gasteiger charge is -2.17. The molecule has 2 aliphatic rings. The molecule has 2 heterocycles. The molecule has 6 aromatic carbocycles. The summed E-state index contributed by atoms with van der Waals surface area (Å²) >= 11 is 12.2. The zero-order chi connectivity index (χ0) is 68.3. The third-order valence-electron chi connectivity index (χ3n) is 16.5. The summed E-state index contributed by atoms with van der Waals surface area (Å²) in [6.07, 6.45) is 2.54. The van der Waals surface area contributed by atoms with Gasteiger partial charge in [-0.1, -0.05) is 108 Å². The van der Waals surface area contributed by atoms with Crippen molar-refractivity contribution in [2.45, 2.75) is 129 Å². The van der Waals surface area contributed by atoms with Crippen molar-refractivity contribution in [3.05, 3.63) is 210 Å². The van der Waals surface area contributed by atoms with E-state index in [-0.39, 0.29) is 125 Å². The minimum Gasteiger partial charge on any atom is -0.467 e. The molecule has 2 atom stereocenters. The Kier molecular flexibility index (Phi) is 27.6. The second-order valence-corrected chi connectivity index (χ2v) is 24.2.